The van der Waals surface area contributed by atoms with E-state index in [2.05, 4.69) is 11.0 Å². The third-order valence-electron chi connectivity index (χ3n) is 4.60. The average Bonchev–Trinajstić information content (AvgIpc) is 2.53. The molecule has 0 amide bonds. The van der Waals surface area contributed by atoms with Crippen LogP contribution in [0.5, 0.6) is 0 Å². The number of aryl methyl sites for hydroxylation is 2. The van der Waals surface area contributed by atoms with E-state index in [1.165, 1.54) is 5.56 Å². The molecule has 4 nitrogen and oxygen atoms in total. The van der Waals surface area contributed by atoms with E-state index in [9.17, 15) is 9.90 Å². The normalized spacial score (nSPS) is 15.8. The second-order valence-corrected chi connectivity index (χ2v) is 6.71. The van der Waals surface area contributed by atoms with Crippen LogP contribution in [0.4, 0.5) is 0 Å². The smallest absolute Gasteiger partial charge is 0.335 e. The lowest BCUT2D eigenvalue weighted by atomic mass is 9.96. The van der Waals surface area contributed by atoms with Crippen molar-refractivity contribution in [2.45, 2.75) is 32.9 Å². The van der Waals surface area contributed by atoms with Crippen LogP contribution in [0.15, 0.2) is 36.4 Å². The number of aliphatic hydroxyl groups excluding tert-OH is 1. The lowest BCUT2D eigenvalue weighted by molar-refractivity contribution is 0.0696. The first kappa shape index (κ1) is 16.7. The van der Waals surface area contributed by atoms with Crippen molar-refractivity contribution in [3.8, 4) is 0 Å². The third kappa shape index (κ3) is 3.66. The van der Waals surface area contributed by atoms with Gasteiger partial charge in [0.25, 0.3) is 0 Å². The van der Waals surface area contributed by atoms with Crippen molar-refractivity contribution < 1.29 is 15.0 Å². The maximum Gasteiger partial charge on any atom is 0.335 e. The van der Waals surface area contributed by atoms with Crippen LogP contribution in [0, 0.1) is 13.8 Å². The molecular formula is C20H23NO3. The second kappa shape index (κ2) is 6.75. The SMILES string of the molecule is Cc1cc(C)cc(C(O)CN2CCc3ccc(C(=O)O)cc3C2)c1. The highest BCUT2D eigenvalue weighted by molar-refractivity contribution is 5.87. The molecule has 0 saturated carbocycles. The Kier molecular flexibility index (Phi) is 4.69. The largest absolute Gasteiger partial charge is 0.478 e. The Morgan fingerprint density at radius 1 is 1.12 bits per heavy atom. The summed E-state index contributed by atoms with van der Waals surface area (Å²) in [6, 6.07) is 11.5. The molecular weight excluding hydrogens is 302 g/mol. The Hall–Kier alpha value is -2.17. The molecule has 2 aromatic rings. The van der Waals surface area contributed by atoms with Crippen LogP contribution in [-0.4, -0.2) is 34.2 Å². The van der Waals surface area contributed by atoms with E-state index in [-0.39, 0.29) is 0 Å². The summed E-state index contributed by atoms with van der Waals surface area (Å²) in [5.74, 6) is -0.898. The molecule has 1 aliphatic heterocycles. The van der Waals surface area contributed by atoms with E-state index in [1.807, 2.05) is 32.0 Å². The summed E-state index contributed by atoms with van der Waals surface area (Å²) < 4.78 is 0. The van der Waals surface area contributed by atoms with Gasteiger partial charge >= 0.3 is 5.97 Å². The molecule has 0 spiro atoms. The standard InChI is InChI=1S/C20H23NO3/c1-13-7-14(2)9-17(8-13)19(22)12-21-6-5-15-3-4-16(20(23)24)10-18(15)11-21/h3-4,7-10,19,22H,5-6,11-12H2,1-2H3,(H,23,24). The molecule has 24 heavy (non-hydrogen) atoms. The van der Waals surface area contributed by atoms with E-state index in [0.717, 1.165) is 35.2 Å². The molecule has 0 aliphatic carbocycles. The number of aliphatic hydroxyl groups is 1. The summed E-state index contributed by atoms with van der Waals surface area (Å²) in [4.78, 5) is 13.3. The van der Waals surface area contributed by atoms with Gasteiger partial charge in [0.1, 0.15) is 0 Å². The third-order valence-corrected chi connectivity index (χ3v) is 4.60. The summed E-state index contributed by atoms with van der Waals surface area (Å²) in [7, 11) is 0. The lowest BCUT2D eigenvalue weighted by Crippen LogP contribution is -2.34. The van der Waals surface area contributed by atoms with Gasteiger partial charge in [0, 0.05) is 19.6 Å². The molecule has 0 aromatic heterocycles. The van der Waals surface area contributed by atoms with Crippen LogP contribution in [0.3, 0.4) is 0 Å². The Bertz CT molecular complexity index is 749. The molecule has 1 heterocycles. The molecule has 1 unspecified atom stereocenters. The van der Waals surface area contributed by atoms with Gasteiger partial charge in [-0.15, -0.1) is 0 Å². The monoisotopic (exact) mass is 325 g/mol. The Balaban J connectivity index is 1.73. The summed E-state index contributed by atoms with van der Waals surface area (Å²) in [5, 5.41) is 19.7. The number of benzene rings is 2. The Morgan fingerprint density at radius 3 is 2.50 bits per heavy atom. The van der Waals surface area contributed by atoms with E-state index < -0.39 is 12.1 Å². The highest BCUT2D eigenvalue weighted by Crippen LogP contribution is 2.24. The predicted molar refractivity (Wildman–Crippen MR) is 93.3 cm³/mol. The number of aromatic carboxylic acids is 1. The van der Waals surface area contributed by atoms with E-state index in [4.69, 9.17) is 5.11 Å². The van der Waals surface area contributed by atoms with Gasteiger partial charge in [-0.25, -0.2) is 4.79 Å². The number of hydrogen-bond donors (Lipinski definition) is 2. The van der Waals surface area contributed by atoms with Gasteiger partial charge in [-0.05, 0) is 49.1 Å². The van der Waals surface area contributed by atoms with Crippen LogP contribution < -0.4 is 0 Å². The predicted octanol–water partition coefficient (Wildman–Crippen LogP) is 3.09. The molecule has 4 heteroatoms. The quantitative estimate of drug-likeness (QED) is 0.907. The fraction of sp³-hybridized carbons (Fsp3) is 0.350. The van der Waals surface area contributed by atoms with Gasteiger partial charge in [0.05, 0.1) is 11.7 Å². The van der Waals surface area contributed by atoms with Crippen molar-refractivity contribution in [2.24, 2.45) is 0 Å². The highest BCUT2D eigenvalue weighted by atomic mass is 16.4. The summed E-state index contributed by atoms with van der Waals surface area (Å²) in [6.45, 7) is 6.18. The van der Waals surface area contributed by atoms with Crippen molar-refractivity contribution in [1.82, 2.24) is 4.90 Å². The molecule has 0 saturated heterocycles. The van der Waals surface area contributed by atoms with E-state index >= 15 is 0 Å². The first-order chi connectivity index (χ1) is 11.4. The first-order valence-corrected chi connectivity index (χ1v) is 8.26. The van der Waals surface area contributed by atoms with Crippen LogP contribution >= 0.6 is 0 Å². The molecule has 0 bridgehead atoms. The number of carboxylic acids is 1. The van der Waals surface area contributed by atoms with Gasteiger partial charge in [-0.3, -0.25) is 4.90 Å². The fourth-order valence-electron chi connectivity index (χ4n) is 3.46. The summed E-state index contributed by atoms with van der Waals surface area (Å²) in [5.41, 5.74) is 5.83. The maximum absolute atomic E-state index is 11.1. The second-order valence-electron chi connectivity index (χ2n) is 6.71. The lowest BCUT2D eigenvalue weighted by Gasteiger charge is -2.30. The van der Waals surface area contributed by atoms with Crippen LogP contribution in [0.1, 0.15) is 44.3 Å². The highest BCUT2D eigenvalue weighted by Gasteiger charge is 2.20. The molecule has 126 valence electrons. The number of rotatable bonds is 4. The number of carboxylic acid groups (broad SMARTS) is 1. The maximum atomic E-state index is 11.1. The van der Waals surface area contributed by atoms with Crippen molar-refractivity contribution in [1.29, 1.82) is 0 Å². The fourth-order valence-corrected chi connectivity index (χ4v) is 3.46. The first-order valence-electron chi connectivity index (χ1n) is 8.26. The van der Waals surface area contributed by atoms with Crippen molar-refractivity contribution in [2.75, 3.05) is 13.1 Å². The van der Waals surface area contributed by atoms with Crippen LogP contribution in [-0.2, 0) is 13.0 Å². The summed E-state index contributed by atoms with van der Waals surface area (Å²) >= 11 is 0. The molecule has 3 rings (SSSR count). The zero-order chi connectivity index (χ0) is 17.3. The molecule has 1 aliphatic rings. The van der Waals surface area contributed by atoms with Gasteiger partial charge in [-0.1, -0.05) is 35.4 Å². The number of nitrogens with zero attached hydrogens (tertiary/aromatic N) is 1. The van der Waals surface area contributed by atoms with Crippen molar-refractivity contribution in [3.63, 3.8) is 0 Å². The molecule has 1 atom stereocenters. The molecule has 0 radical (unpaired) electrons. The Morgan fingerprint density at radius 2 is 1.83 bits per heavy atom. The van der Waals surface area contributed by atoms with Gasteiger partial charge in [-0.2, -0.15) is 0 Å². The number of β-amino-alcohol motifs (C(OH)–C–C–N with tert-alkyl or cyclic N) is 1. The van der Waals surface area contributed by atoms with Gasteiger partial charge < -0.3 is 10.2 Å². The number of hydrogen-bond acceptors (Lipinski definition) is 3. The Labute approximate surface area is 142 Å². The van der Waals surface area contributed by atoms with Crippen molar-refractivity contribution >= 4 is 5.97 Å². The molecule has 2 aromatic carbocycles. The molecule has 0 fully saturated rings. The zero-order valence-electron chi connectivity index (χ0n) is 14.1. The minimum absolute atomic E-state index is 0.324. The van der Waals surface area contributed by atoms with E-state index in [1.54, 1.807) is 12.1 Å². The van der Waals surface area contributed by atoms with Gasteiger partial charge in [0.2, 0.25) is 0 Å². The van der Waals surface area contributed by atoms with Crippen LogP contribution in [0.2, 0.25) is 0 Å². The summed E-state index contributed by atoms with van der Waals surface area (Å²) in [6.07, 6.45) is 0.349. The number of fused-ring (bicyclic) bond motifs is 1. The van der Waals surface area contributed by atoms with Crippen molar-refractivity contribution in [3.05, 3.63) is 69.8 Å². The minimum Gasteiger partial charge on any atom is -0.478 e. The van der Waals surface area contributed by atoms with Gasteiger partial charge in [0.15, 0.2) is 0 Å². The number of carbonyl (C=O) groups is 1. The topological polar surface area (TPSA) is 60.8 Å². The zero-order valence-corrected chi connectivity index (χ0v) is 14.1. The minimum atomic E-state index is -0.898. The molecule has 2 N–H and O–H groups in total. The van der Waals surface area contributed by atoms with E-state index in [0.29, 0.717) is 18.7 Å². The average molecular weight is 325 g/mol. The van der Waals surface area contributed by atoms with Crippen LogP contribution in [0.25, 0.3) is 0 Å².